The summed E-state index contributed by atoms with van der Waals surface area (Å²) in [5.74, 6) is 3.79. The van der Waals surface area contributed by atoms with E-state index in [0.29, 0.717) is 11.8 Å². The smallest absolute Gasteiger partial charge is 0.231 e. The van der Waals surface area contributed by atoms with E-state index in [9.17, 15) is 0 Å². The van der Waals surface area contributed by atoms with E-state index in [1.54, 1.807) is 21.3 Å². The van der Waals surface area contributed by atoms with Gasteiger partial charge in [-0.15, -0.1) is 0 Å². The Morgan fingerprint density at radius 2 is 1.61 bits per heavy atom. The van der Waals surface area contributed by atoms with E-state index in [0.717, 1.165) is 58.0 Å². The Hall–Kier alpha value is -2.60. The molecule has 0 saturated heterocycles. The number of benzene rings is 2. The van der Waals surface area contributed by atoms with Gasteiger partial charge in [-0.25, -0.2) is 0 Å². The lowest BCUT2D eigenvalue weighted by molar-refractivity contribution is -0.923. The van der Waals surface area contributed by atoms with Crippen molar-refractivity contribution in [3.63, 3.8) is 0 Å². The molecular formula is C22H26NO5+. The van der Waals surface area contributed by atoms with Crippen molar-refractivity contribution < 1.29 is 28.2 Å². The van der Waals surface area contributed by atoms with Crippen molar-refractivity contribution in [2.24, 2.45) is 0 Å². The van der Waals surface area contributed by atoms with Crippen LogP contribution in [0.3, 0.4) is 0 Å². The third-order valence-electron chi connectivity index (χ3n) is 6.52. The number of rotatable bonds is 3. The molecule has 28 heavy (non-hydrogen) atoms. The van der Waals surface area contributed by atoms with Gasteiger partial charge in [0.15, 0.2) is 23.0 Å². The zero-order chi connectivity index (χ0) is 19.6. The summed E-state index contributed by atoms with van der Waals surface area (Å²) in [6, 6.07) is 4.54. The van der Waals surface area contributed by atoms with E-state index >= 15 is 0 Å². The number of methoxy groups -OCH3 is 3. The number of hydrogen-bond acceptors (Lipinski definition) is 5. The molecule has 2 heterocycles. The van der Waals surface area contributed by atoms with Gasteiger partial charge in [0.1, 0.15) is 6.04 Å². The monoisotopic (exact) mass is 384 g/mol. The molecule has 1 atom stereocenters. The summed E-state index contributed by atoms with van der Waals surface area (Å²) >= 11 is 0. The van der Waals surface area contributed by atoms with Crippen LogP contribution in [0.5, 0.6) is 28.7 Å². The van der Waals surface area contributed by atoms with Crippen LogP contribution in [0.25, 0.3) is 11.1 Å². The van der Waals surface area contributed by atoms with Gasteiger partial charge in [0.25, 0.3) is 0 Å². The number of nitrogens with zero attached hydrogens (tertiary/aromatic N) is 1. The van der Waals surface area contributed by atoms with Gasteiger partial charge in [-0.1, -0.05) is 0 Å². The Morgan fingerprint density at radius 1 is 0.929 bits per heavy atom. The topological polar surface area (TPSA) is 46.2 Å². The van der Waals surface area contributed by atoms with Crippen LogP contribution >= 0.6 is 0 Å². The molecule has 0 saturated carbocycles. The number of hydrogen-bond donors (Lipinski definition) is 0. The lowest BCUT2D eigenvalue weighted by Crippen LogP contribution is -2.49. The predicted molar refractivity (Wildman–Crippen MR) is 105 cm³/mol. The summed E-state index contributed by atoms with van der Waals surface area (Å²) in [4.78, 5) is 0. The molecule has 5 rings (SSSR count). The molecule has 0 spiro atoms. The zero-order valence-electron chi connectivity index (χ0n) is 17.0. The number of quaternary nitrogens is 1. The molecule has 0 amide bonds. The van der Waals surface area contributed by atoms with Crippen molar-refractivity contribution in [3.05, 3.63) is 28.8 Å². The molecule has 2 aromatic rings. The first-order valence-corrected chi connectivity index (χ1v) is 9.60. The Kier molecular flexibility index (Phi) is 3.72. The first-order chi connectivity index (χ1) is 13.5. The number of ether oxygens (including phenoxy) is 5. The highest BCUT2D eigenvalue weighted by molar-refractivity contribution is 5.87. The summed E-state index contributed by atoms with van der Waals surface area (Å²) in [6.07, 6.45) is 1.88. The SMILES string of the molecule is COc1c2c3c(c(OC)c1OC)-c1cc4c(cc1CC3[N+](C)(C)CC2)OCO4. The van der Waals surface area contributed by atoms with Crippen LogP contribution in [0.2, 0.25) is 0 Å². The third kappa shape index (κ3) is 2.18. The van der Waals surface area contributed by atoms with Gasteiger partial charge in [-0.05, 0) is 23.3 Å². The van der Waals surface area contributed by atoms with Crippen molar-refractivity contribution in [2.45, 2.75) is 18.9 Å². The maximum atomic E-state index is 5.91. The van der Waals surface area contributed by atoms with Crippen molar-refractivity contribution in [1.29, 1.82) is 0 Å². The summed E-state index contributed by atoms with van der Waals surface area (Å²) in [5.41, 5.74) is 6.05. The second kappa shape index (κ2) is 5.95. The first-order valence-electron chi connectivity index (χ1n) is 9.60. The van der Waals surface area contributed by atoms with Gasteiger partial charge in [0.05, 0.1) is 42.0 Å². The molecule has 0 fully saturated rings. The zero-order valence-corrected chi connectivity index (χ0v) is 17.0. The standard InChI is InChI=1S/C22H26NO5/c1-23(2)7-6-13-18-15(23)8-12-9-16-17(28-11-27-16)10-14(12)19(18)21(25-4)22(26-5)20(13)24-3/h9-10,15H,6-8,11H2,1-5H3/q+1. The molecule has 0 radical (unpaired) electrons. The van der Waals surface area contributed by atoms with Crippen LogP contribution in [0.1, 0.15) is 22.7 Å². The molecule has 2 aliphatic heterocycles. The minimum Gasteiger partial charge on any atom is -0.492 e. The quantitative estimate of drug-likeness (QED) is 0.760. The summed E-state index contributed by atoms with van der Waals surface area (Å²) in [6.45, 7) is 1.31. The molecule has 0 bridgehead atoms. The normalized spacial score (nSPS) is 20.2. The lowest BCUT2D eigenvalue weighted by atomic mass is 9.75. The van der Waals surface area contributed by atoms with E-state index in [2.05, 4.69) is 26.2 Å². The average Bonchev–Trinajstić information content (AvgIpc) is 3.14. The number of fused-ring (bicyclic) bond motifs is 3. The highest BCUT2D eigenvalue weighted by Gasteiger charge is 2.45. The van der Waals surface area contributed by atoms with Gasteiger partial charge in [0.2, 0.25) is 12.5 Å². The van der Waals surface area contributed by atoms with Gasteiger partial charge in [-0.2, -0.15) is 0 Å². The maximum Gasteiger partial charge on any atom is 0.231 e. The molecule has 6 heteroatoms. The van der Waals surface area contributed by atoms with Crippen LogP contribution < -0.4 is 23.7 Å². The fourth-order valence-corrected chi connectivity index (χ4v) is 5.08. The molecule has 3 aliphatic rings. The van der Waals surface area contributed by atoms with Gasteiger partial charge < -0.3 is 28.2 Å². The molecule has 0 N–H and O–H groups in total. The Morgan fingerprint density at radius 3 is 2.29 bits per heavy atom. The van der Waals surface area contributed by atoms with Crippen LogP contribution in [0.4, 0.5) is 0 Å². The molecular weight excluding hydrogens is 358 g/mol. The highest BCUT2D eigenvalue weighted by atomic mass is 16.7. The van der Waals surface area contributed by atoms with Crippen molar-refractivity contribution in [2.75, 3.05) is 48.8 Å². The predicted octanol–water partition coefficient (Wildman–Crippen LogP) is 3.34. The Bertz CT molecular complexity index is 982. The minimum absolute atomic E-state index is 0.268. The first kappa shape index (κ1) is 17.5. The third-order valence-corrected chi connectivity index (χ3v) is 6.52. The fraction of sp³-hybridized carbons (Fsp3) is 0.455. The number of likely N-dealkylation sites (N-methyl/N-ethyl adjacent to an activating group) is 1. The van der Waals surface area contributed by atoms with E-state index in [1.807, 2.05) is 0 Å². The second-order valence-corrected chi connectivity index (χ2v) is 8.20. The second-order valence-electron chi connectivity index (χ2n) is 8.20. The van der Waals surface area contributed by atoms with E-state index in [4.69, 9.17) is 23.7 Å². The summed E-state index contributed by atoms with van der Waals surface area (Å²) in [7, 11) is 9.68. The molecule has 1 aliphatic carbocycles. The lowest BCUT2D eigenvalue weighted by Gasteiger charge is -2.46. The van der Waals surface area contributed by atoms with Crippen molar-refractivity contribution in [3.8, 4) is 39.9 Å². The minimum atomic E-state index is 0.268. The van der Waals surface area contributed by atoms with E-state index in [-0.39, 0.29) is 6.79 Å². The maximum absolute atomic E-state index is 5.91. The van der Waals surface area contributed by atoms with Crippen molar-refractivity contribution in [1.82, 2.24) is 0 Å². The van der Waals surface area contributed by atoms with Crippen LogP contribution in [-0.4, -0.2) is 53.2 Å². The largest absolute Gasteiger partial charge is 0.492 e. The summed E-state index contributed by atoms with van der Waals surface area (Å²) < 4.78 is 29.7. The van der Waals surface area contributed by atoms with Gasteiger partial charge >= 0.3 is 0 Å². The Labute approximate surface area is 165 Å². The fourth-order valence-electron chi connectivity index (χ4n) is 5.08. The summed E-state index contributed by atoms with van der Waals surface area (Å²) in [5, 5.41) is 0. The average molecular weight is 384 g/mol. The van der Waals surface area contributed by atoms with Crippen molar-refractivity contribution >= 4 is 0 Å². The van der Waals surface area contributed by atoms with Gasteiger partial charge in [-0.3, -0.25) is 0 Å². The van der Waals surface area contributed by atoms with Crippen LogP contribution in [-0.2, 0) is 12.8 Å². The van der Waals surface area contributed by atoms with Gasteiger partial charge in [0, 0.05) is 29.5 Å². The van der Waals surface area contributed by atoms with Crippen LogP contribution in [0.15, 0.2) is 12.1 Å². The molecule has 148 valence electrons. The highest BCUT2D eigenvalue weighted by Crippen LogP contribution is 2.58. The molecule has 1 unspecified atom stereocenters. The molecule has 0 aromatic heterocycles. The van der Waals surface area contributed by atoms with E-state index in [1.165, 1.54) is 16.7 Å². The van der Waals surface area contributed by atoms with Crippen LogP contribution in [0, 0.1) is 0 Å². The molecule has 6 nitrogen and oxygen atoms in total. The molecule has 2 aromatic carbocycles. The van der Waals surface area contributed by atoms with E-state index < -0.39 is 0 Å². The Balaban J connectivity index is 1.90.